The van der Waals surface area contributed by atoms with Crippen molar-refractivity contribution in [1.29, 1.82) is 0 Å². The van der Waals surface area contributed by atoms with Crippen LogP contribution in [0.4, 0.5) is 0 Å². The van der Waals surface area contributed by atoms with Gasteiger partial charge in [0.15, 0.2) is 5.96 Å². The van der Waals surface area contributed by atoms with Crippen LogP contribution < -0.4 is 10.6 Å². The summed E-state index contributed by atoms with van der Waals surface area (Å²) in [7, 11) is 1.84. The van der Waals surface area contributed by atoms with Crippen molar-refractivity contribution in [3.63, 3.8) is 0 Å². The van der Waals surface area contributed by atoms with Crippen molar-refractivity contribution in [1.82, 2.24) is 15.5 Å². The zero-order valence-corrected chi connectivity index (χ0v) is 17.6. The van der Waals surface area contributed by atoms with Crippen LogP contribution in [-0.4, -0.2) is 49.5 Å². The molecule has 0 spiro atoms. The summed E-state index contributed by atoms with van der Waals surface area (Å²) in [6.45, 7) is 6.65. The van der Waals surface area contributed by atoms with Crippen LogP contribution in [0, 0.1) is 17.3 Å². The van der Waals surface area contributed by atoms with Crippen molar-refractivity contribution in [2.24, 2.45) is 22.2 Å². The summed E-state index contributed by atoms with van der Waals surface area (Å²) < 4.78 is 0. The van der Waals surface area contributed by atoms with E-state index in [0.717, 1.165) is 37.9 Å². The van der Waals surface area contributed by atoms with Crippen LogP contribution in [0.5, 0.6) is 0 Å². The maximum atomic E-state index is 12.1. The first-order valence-electron chi connectivity index (χ1n) is 9.30. The summed E-state index contributed by atoms with van der Waals surface area (Å²) >= 11 is 0. The number of amides is 1. The monoisotopic (exact) mass is 448 g/mol. The number of nitrogens with zero attached hydrogens (tertiary/aromatic N) is 2. The Labute approximate surface area is 163 Å². The number of halogens is 1. The number of nitrogens with one attached hydrogen (secondary N) is 2. The molecule has 1 saturated heterocycles. The highest BCUT2D eigenvalue weighted by Crippen LogP contribution is 2.56. The molecule has 6 heteroatoms. The largest absolute Gasteiger partial charge is 0.356 e. The molecule has 3 aliphatic rings. The standard InChI is InChI=1S/C18H32N4O.HI/c1-13(2)16(23)22-10-7-15(11-22)21-17(19-3)20-12-18(8-4-9-18)14-5-6-14;/h13-15H,4-12H2,1-3H3,(H2,19,20,21);1H. The van der Waals surface area contributed by atoms with E-state index in [1.54, 1.807) is 0 Å². The molecule has 2 saturated carbocycles. The Morgan fingerprint density at radius 3 is 2.50 bits per heavy atom. The van der Waals surface area contributed by atoms with Gasteiger partial charge < -0.3 is 15.5 Å². The highest BCUT2D eigenvalue weighted by Gasteiger charge is 2.48. The van der Waals surface area contributed by atoms with Gasteiger partial charge in [-0.1, -0.05) is 20.3 Å². The van der Waals surface area contributed by atoms with Gasteiger partial charge >= 0.3 is 0 Å². The summed E-state index contributed by atoms with van der Waals surface area (Å²) in [5, 5.41) is 7.08. The van der Waals surface area contributed by atoms with Gasteiger partial charge in [-0.2, -0.15) is 0 Å². The van der Waals surface area contributed by atoms with Gasteiger partial charge in [-0.3, -0.25) is 9.79 Å². The van der Waals surface area contributed by atoms with Crippen molar-refractivity contribution in [3.05, 3.63) is 0 Å². The third-order valence-electron chi connectivity index (χ3n) is 5.96. The van der Waals surface area contributed by atoms with Crippen molar-refractivity contribution in [2.45, 2.75) is 58.4 Å². The fourth-order valence-corrected chi connectivity index (χ4v) is 4.15. The Bertz CT molecular complexity index is 472. The minimum absolute atomic E-state index is 0. The van der Waals surface area contributed by atoms with E-state index in [9.17, 15) is 4.79 Å². The highest BCUT2D eigenvalue weighted by atomic mass is 127. The molecule has 138 valence electrons. The molecular weight excluding hydrogens is 415 g/mol. The Morgan fingerprint density at radius 2 is 2.00 bits per heavy atom. The Hall–Kier alpha value is -0.530. The van der Waals surface area contributed by atoms with Crippen molar-refractivity contribution in [3.8, 4) is 0 Å². The topological polar surface area (TPSA) is 56.7 Å². The van der Waals surface area contributed by atoms with Crippen LogP contribution >= 0.6 is 24.0 Å². The maximum Gasteiger partial charge on any atom is 0.225 e. The molecule has 0 aromatic heterocycles. The van der Waals surface area contributed by atoms with Gasteiger partial charge in [0.25, 0.3) is 0 Å². The van der Waals surface area contributed by atoms with Gasteiger partial charge in [0.2, 0.25) is 5.91 Å². The van der Waals surface area contributed by atoms with Crippen LogP contribution in [0.2, 0.25) is 0 Å². The number of rotatable bonds is 5. The molecule has 0 radical (unpaired) electrons. The predicted octanol–water partition coefficient (Wildman–Crippen LogP) is 2.61. The molecule has 24 heavy (non-hydrogen) atoms. The second-order valence-corrected chi connectivity index (χ2v) is 7.98. The fourth-order valence-electron chi connectivity index (χ4n) is 4.15. The smallest absolute Gasteiger partial charge is 0.225 e. The lowest BCUT2D eigenvalue weighted by Gasteiger charge is -2.43. The summed E-state index contributed by atoms with van der Waals surface area (Å²) in [6.07, 6.45) is 7.99. The lowest BCUT2D eigenvalue weighted by Crippen LogP contribution is -2.50. The molecule has 0 aromatic carbocycles. The number of likely N-dealkylation sites (tertiary alicyclic amines) is 1. The SMILES string of the molecule is CN=C(NCC1(C2CC2)CCC1)NC1CCN(C(=O)C(C)C)C1.I. The molecule has 2 N–H and O–H groups in total. The molecule has 0 bridgehead atoms. The van der Waals surface area contributed by atoms with Crippen LogP contribution in [0.3, 0.4) is 0 Å². The third-order valence-corrected chi connectivity index (χ3v) is 5.96. The summed E-state index contributed by atoms with van der Waals surface area (Å²) in [5.74, 6) is 2.20. The summed E-state index contributed by atoms with van der Waals surface area (Å²) in [6, 6.07) is 0.321. The molecule has 3 fully saturated rings. The quantitative estimate of drug-likeness (QED) is 0.386. The molecule has 0 aromatic rings. The second-order valence-electron chi connectivity index (χ2n) is 7.98. The Kier molecular flexibility index (Phi) is 6.79. The fraction of sp³-hybridized carbons (Fsp3) is 0.889. The molecular formula is C18H33IN4O. The maximum absolute atomic E-state index is 12.1. The van der Waals surface area contributed by atoms with Gasteiger partial charge in [-0.05, 0) is 43.4 Å². The zero-order chi connectivity index (χ0) is 16.4. The second kappa shape index (κ2) is 8.23. The first-order valence-corrected chi connectivity index (χ1v) is 9.30. The molecule has 1 unspecified atom stereocenters. The van der Waals surface area contributed by atoms with E-state index in [0.29, 0.717) is 11.5 Å². The van der Waals surface area contributed by atoms with Crippen molar-refractivity contribution < 1.29 is 4.79 Å². The van der Waals surface area contributed by atoms with E-state index < -0.39 is 0 Å². The molecule has 1 amide bonds. The van der Waals surface area contributed by atoms with Crippen LogP contribution in [0.1, 0.15) is 52.4 Å². The molecule has 3 rings (SSSR count). The lowest BCUT2D eigenvalue weighted by atomic mass is 9.65. The molecule has 5 nitrogen and oxygen atoms in total. The van der Waals surface area contributed by atoms with Gasteiger partial charge in [0.1, 0.15) is 0 Å². The first kappa shape index (κ1) is 19.8. The zero-order valence-electron chi connectivity index (χ0n) is 15.3. The molecule has 2 aliphatic carbocycles. The Morgan fingerprint density at radius 1 is 1.29 bits per heavy atom. The van der Waals surface area contributed by atoms with E-state index in [4.69, 9.17) is 0 Å². The van der Waals surface area contributed by atoms with Crippen LogP contribution in [-0.2, 0) is 4.79 Å². The number of aliphatic imine (C=N–C) groups is 1. The minimum atomic E-state index is 0. The number of hydrogen-bond acceptors (Lipinski definition) is 2. The number of carbonyl (C=O) groups excluding carboxylic acids is 1. The van der Waals surface area contributed by atoms with Gasteiger partial charge in [-0.25, -0.2) is 0 Å². The summed E-state index contributed by atoms with van der Waals surface area (Å²) in [4.78, 5) is 18.5. The molecule has 1 heterocycles. The normalized spacial score (nSPS) is 25.9. The van der Waals surface area contributed by atoms with E-state index in [-0.39, 0.29) is 35.8 Å². The van der Waals surface area contributed by atoms with E-state index >= 15 is 0 Å². The minimum Gasteiger partial charge on any atom is -0.356 e. The Balaban J connectivity index is 0.00000208. The van der Waals surface area contributed by atoms with Crippen LogP contribution in [0.15, 0.2) is 4.99 Å². The lowest BCUT2D eigenvalue weighted by molar-refractivity contribution is -0.133. The average molecular weight is 448 g/mol. The number of guanidine groups is 1. The van der Waals surface area contributed by atoms with E-state index in [1.165, 1.54) is 32.1 Å². The van der Waals surface area contributed by atoms with E-state index in [1.807, 2.05) is 25.8 Å². The van der Waals surface area contributed by atoms with Gasteiger partial charge in [0.05, 0.1) is 0 Å². The predicted molar refractivity (Wildman–Crippen MR) is 109 cm³/mol. The third kappa shape index (κ3) is 4.35. The average Bonchev–Trinajstić information content (AvgIpc) is 3.23. The number of carbonyl (C=O) groups is 1. The molecule has 1 atom stereocenters. The van der Waals surface area contributed by atoms with E-state index in [2.05, 4.69) is 15.6 Å². The first-order chi connectivity index (χ1) is 11.0. The van der Waals surface area contributed by atoms with Gasteiger partial charge in [0, 0.05) is 38.6 Å². The molecule has 1 aliphatic heterocycles. The van der Waals surface area contributed by atoms with Crippen molar-refractivity contribution in [2.75, 3.05) is 26.7 Å². The van der Waals surface area contributed by atoms with Gasteiger partial charge in [-0.15, -0.1) is 24.0 Å². The number of hydrogen-bond donors (Lipinski definition) is 2. The van der Waals surface area contributed by atoms with Crippen LogP contribution in [0.25, 0.3) is 0 Å². The highest BCUT2D eigenvalue weighted by molar-refractivity contribution is 14.0. The van der Waals surface area contributed by atoms with Crippen molar-refractivity contribution >= 4 is 35.8 Å². The summed E-state index contributed by atoms with van der Waals surface area (Å²) in [5.41, 5.74) is 0.549.